The number of hydrogen-bond acceptors (Lipinski definition) is 3. The average Bonchev–Trinajstić information content (AvgIpc) is 2.50. The Morgan fingerprint density at radius 2 is 1.77 bits per heavy atom. The third kappa shape index (κ3) is 4.83. The number of rotatable bonds is 6. The zero-order chi connectivity index (χ0) is 15.9. The van der Waals surface area contributed by atoms with Gasteiger partial charge in [0, 0.05) is 32.1 Å². The van der Waals surface area contributed by atoms with Crippen molar-refractivity contribution in [2.75, 3.05) is 0 Å². The van der Waals surface area contributed by atoms with E-state index < -0.39 is 0 Å². The Balaban J connectivity index is 1.83. The minimum absolute atomic E-state index is 0.0318. The van der Waals surface area contributed by atoms with Gasteiger partial charge in [0.05, 0.1) is 6.21 Å². The van der Waals surface area contributed by atoms with Crippen LogP contribution >= 0.6 is 39.1 Å². The lowest BCUT2D eigenvalue weighted by Gasteiger charge is -2.04. The molecule has 0 aliphatic rings. The maximum atomic E-state index is 11.9. The molecule has 0 radical (unpaired) electrons. The van der Waals surface area contributed by atoms with Gasteiger partial charge in [-0.15, -0.1) is 0 Å². The highest BCUT2D eigenvalue weighted by atomic mass is 79.9. The summed E-state index contributed by atoms with van der Waals surface area (Å²) < 4.78 is 0.928. The molecular formula is C16H12BrCl2NO2. The summed E-state index contributed by atoms with van der Waals surface area (Å²) in [4.78, 5) is 17.0. The molecule has 0 aliphatic heterocycles. The number of hydrogen-bond donors (Lipinski definition) is 0. The summed E-state index contributed by atoms with van der Waals surface area (Å²) in [7, 11) is 0. The summed E-state index contributed by atoms with van der Waals surface area (Å²) in [6.07, 6.45) is 1.59. The topological polar surface area (TPSA) is 38.7 Å². The van der Waals surface area contributed by atoms with Crippen LogP contribution in [0.2, 0.25) is 10.0 Å². The molecular weight excluding hydrogens is 389 g/mol. The number of ketones is 1. The average molecular weight is 401 g/mol. The van der Waals surface area contributed by atoms with E-state index in [0.29, 0.717) is 21.2 Å². The van der Waals surface area contributed by atoms with Gasteiger partial charge in [-0.05, 0) is 24.3 Å². The molecule has 0 N–H and O–H groups in total. The molecule has 2 rings (SSSR count). The van der Waals surface area contributed by atoms with Crippen LogP contribution in [0.5, 0.6) is 0 Å². The molecule has 0 saturated heterocycles. The highest BCUT2D eigenvalue weighted by Gasteiger charge is 2.06. The first-order valence-electron chi connectivity index (χ1n) is 6.43. The van der Waals surface area contributed by atoms with Crippen molar-refractivity contribution in [3.8, 4) is 0 Å². The first-order valence-corrected chi connectivity index (χ1v) is 7.98. The molecule has 0 bridgehead atoms. The van der Waals surface area contributed by atoms with Crippen LogP contribution in [0.25, 0.3) is 0 Å². The van der Waals surface area contributed by atoms with Crippen LogP contribution in [0.15, 0.2) is 52.1 Å². The van der Waals surface area contributed by atoms with Gasteiger partial charge in [0.1, 0.15) is 6.61 Å². The van der Waals surface area contributed by atoms with Crippen molar-refractivity contribution in [3.05, 3.63) is 68.1 Å². The van der Waals surface area contributed by atoms with Gasteiger partial charge in [0.25, 0.3) is 0 Å². The number of carbonyl (C=O) groups is 1. The lowest BCUT2D eigenvalue weighted by Crippen LogP contribution is -1.99. The van der Waals surface area contributed by atoms with Crippen LogP contribution in [0, 0.1) is 0 Å². The molecule has 0 fully saturated rings. The Morgan fingerprint density at radius 1 is 1.14 bits per heavy atom. The van der Waals surface area contributed by atoms with Crippen LogP contribution in [0.4, 0.5) is 0 Å². The zero-order valence-corrected chi connectivity index (χ0v) is 14.5. The van der Waals surface area contributed by atoms with Crippen LogP contribution in [0.1, 0.15) is 22.3 Å². The maximum absolute atomic E-state index is 11.9. The van der Waals surface area contributed by atoms with Crippen LogP contribution in [-0.2, 0) is 11.4 Å². The first-order chi connectivity index (χ1) is 10.6. The lowest BCUT2D eigenvalue weighted by molar-refractivity contribution is 0.0996. The maximum Gasteiger partial charge on any atom is 0.168 e. The van der Waals surface area contributed by atoms with Crippen molar-refractivity contribution in [2.24, 2.45) is 5.16 Å². The smallest absolute Gasteiger partial charge is 0.168 e. The van der Waals surface area contributed by atoms with Gasteiger partial charge in [-0.3, -0.25) is 4.79 Å². The first kappa shape index (κ1) is 17.0. The molecule has 0 heterocycles. The van der Waals surface area contributed by atoms with E-state index in [1.165, 1.54) is 6.21 Å². The fourth-order valence-corrected chi connectivity index (χ4v) is 2.47. The number of carbonyl (C=O) groups excluding carboxylic acids is 1. The van der Waals surface area contributed by atoms with E-state index in [9.17, 15) is 4.79 Å². The molecule has 2 aromatic carbocycles. The van der Waals surface area contributed by atoms with Crippen molar-refractivity contribution in [3.63, 3.8) is 0 Å². The highest BCUT2D eigenvalue weighted by molar-refractivity contribution is 9.10. The minimum Gasteiger partial charge on any atom is -0.391 e. The molecule has 114 valence electrons. The highest BCUT2D eigenvalue weighted by Crippen LogP contribution is 2.24. The lowest BCUT2D eigenvalue weighted by atomic mass is 10.1. The van der Waals surface area contributed by atoms with Gasteiger partial charge < -0.3 is 4.84 Å². The van der Waals surface area contributed by atoms with Crippen molar-refractivity contribution in [1.82, 2.24) is 0 Å². The summed E-state index contributed by atoms with van der Waals surface area (Å²) in [5, 5.41) is 4.80. The van der Waals surface area contributed by atoms with Gasteiger partial charge in [0.2, 0.25) is 0 Å². The van der Waals surface area contributed by atoms with E-state index in [1.54, 1.807) is 30.3 Å². The number of benzene rings is 2. The van der Waals surface area contributed by atoms with E-state index in [0.717, 1.165) is 4.47 Å². The predicted molar refractivity (Wildman–Crippen MR) is 92.8 cm³/mol. The number of nitrogens with zero attached hydrogens (tertiary/aromatic N) is 1. The molecule has 6 heteroatoms. The van der Waals surface area contributed by atoms with E-state index >= 15 is 0 Å². The third-order valence-electron chi connectivity index (χ3n) is 2.86. The van der Waals surface area contributed by atoms with Gasteiger partial charge in [-0.25, -0.2) is 0 Å². The molecule has 0 atom stereocenters. The van der Waals surface area contributed by atoms with Gasteiger partial charge >= 0.3 is 0 Å². The summed E-state index contributed by atoms with van der Waals surface area (Å²) >= 11 is 15.3. The monoisotopic (exact) mass is 399 g/mol. The molecule has 0 spiro atoms. The molecule has 22 heavy (non-hydrogen) atoms. The second kappa shape index (κ2) is 8.32. The van der Waals surface area contributed by atoms with Crippen molar-refractivity contribution >= 4 is 51.1 Å². The van der Waals surface area contributed by atoms with E-state index in [1.807, 2.05) is 12.1 Å². The number of Topliss-reactive ketones (excluding diaryl/α,β-unsaturated/α-hetero) is 1. The van der Waals surface area contributed by atoms with Crippen LogP contribution in [0.3, 0.4) is 0 Å². The summed E-state index contributed by atoms with van der Waals surface area (Å²) in [6.45, 7) is 0.154. The molecule has 0 saturated carbocycles. The molecule has 0 aliphatic carbocycles. The Hall–Kier alpha value is -1.36. The third-order valence-corrected chi connectivity index (χ3v) is 4.10. The van der Waals surface area contributed by atoms with E-state index in [2.05, 4.69) is 21.1 Å². The predicted octanol–water partition coefficient (Wildman–Crippen LogP) is 5.53. The summed E-state index contributed by atoms with van der Waals surface area (Å²) in [5.74, 6) is -0.0318. The Bertz CT molecular complexity index is 667. The second-order valence-corrected chi connectivity index (χ2v) is 6.13. The summed E-state index contributed by atoms with van der Waals surface area (Å²) in [5.41, 5.74) is 1.30. The van der Waals surface area contributed by atoms with Gasteiger partial charge in [-0.1, -0.05) is 62.5 Å². The molecule has 0 aromatic heterocycles. The number of halogens is 3. The van der Waals surface area contributed by atoms with Gasteiger partial charge in [0.15, 0.2) is 5.78 Å². The fourth-order valence-electron chi connectivity index (χ4n) is 1.70. The Morgan fingerprint density at radius 3 is 2.41 bits per heavy atom. The SMILES string of the molecule is O=C(C/C=N/OCc1c(Cl)cccc1Cl)c1ccc(Br)cc1. The molecule has 0 amide bonds. The number of oxime groups is 1. The minimum atomic E-state index is -0.0318. The Labute approximate surface area is 147 Å². The molecule has 2 aromatic rings. The quantitative estimate of drug-likeness (QED) is 0.363. The van der Waals surface area contributed by atoms with E-state index in [4.69, 9.17) is 28.0 Å². The van der Waals surface area contributed by atoms with Crippen molar-refractivity contribution < 1.29 is 9.63 Å². The van der Waals surface area contributed by atoms with Gasteiger partial charge in [-0.2, -0.15) is 0 Å². The fraction of sp³-hybridized carbons (Fsp3) is 0.125. The normalized spacial score (nSPS) is 10.9. The molecule has 3 nitrogen and oxygen atoms in total. The van der Waals surface area contributed by atoms with Crippen LogP contribution in [-0.4, -0.2) is 12.0 Å². The summed E-state index contributed by atoms with van der Waals surface area (Å²) in [6, 6.07) is 12.4. The largest absolute Gasteiger partial charge is 0.391 e. The Kier molecular flexibility index (Phi) is 6.43. The standard InChI is InChI=1S/C16H12BrCl2NO2/c17-12-6-4-11(5-7-12)16(21)8-9-20-22-10-13-14(18)2-1-3-15(13)19/h1-7,9H,8,10H2/b20-9+. The van der Waals surface area contributed by atoms with Crippen molar-refractivity contribution in [2.45, 2.75) is 13.0 Å². The zero-order valence-electron chi connectivity index (χ0n) is 11.4. The van der Waals surface area contributed by atoms with E-state index in [-0.39, 0.29) is 18.8 Å². The molecule has 0 unspecified atom stereocenters. The van der Waals surface area contributed by atoms with Crippen LogP contribution < -0.4 is 0 Å². The van der Waals surface area contributed by atoms with Crippen molar-refractivity contribution in [1.29, 1.82) is 0 Å². The second-order valence-electron chi connectivity index (χ2n) is 4.40.